The lowest BCUT2D eigenvalue weighted by atomic mass is 10.2. The Morgan fingerprint density at radius 1 is 1.13 bits per heavy atom. The first-order valence-corrected chi connectivity index (χ1v) is 8.15. The molecule has 0 unspecified atom stereocenters. The summed E-state index contributed by atoms with van der Waals surface area (Å²) in [5.74, 6) is -0.349. The Hall–Kier alpha value is -1.86. The van der Waals surface area contributed by atoms with Gasteiger partial charge < -0.3 is 14.8 Å². The molecule has 0 fully saturated rings. The molecule has 120 valence electrons. The average Bonchev–Trinajstić information content (AvgIpc) is 2.54. The number of anilines is 1. The maximum Gasteiger partial charge on any atom is 0.339 e. The third-order valence-corrected chi connectivity index (χ3v) is 3.97. The Morgan fingerprint density at radius 2 is 1.87 bits per heavy atom. The summed E-state index contributed by atoms with van der Waals surface area (Å²) in [6, 6.07) is 12.0. The van der Waals surface area contributed by atoms with Gasteiger partial charge in [0.2, 0.25) is 0 Å². The minimum absolute atomic E-state index is 0.185. The number of carbonyl (C=O) groups is 2. The zero-order valence-electron chi connectivity index (χ0n) is 12.1. The van der Waals surface area contributed by atoms with Gasteiger partial charge in [0.05, 0.1) is 22.8 Å². The molecular weight excluding hydrogens is 430 g/mol. The quantitative estimate of drug-likeness (QED) is 0.710. The summed E-state index contributed by atoms with van der Waals surface area (Å²) >= 11 is 6.70. The molecule has 0 aliphatic rings. The van der Waals surface area contributed by atoms with Gasteiger partial charge in [-0.2, -0.15) is 0 Å². The third kappa shape index (κ3) is 4.80. The van der Waals surface area contributed by atoms with Gasteiger partial charge in [-0.25, -0.2) is 4.79 Å². The summed E-state index contributed by atoms with van der Waals surface area (Å²) in [4.78, 5) is 23.7. The number of benzene rings is 2. The van der Waals surface area contributed by atoms with Crippen LogP contribution in [0.1, 0.15) is 10.4 Å². The molecule has 0 aromatic heterocycles. The second kappa shape index (κ2) is 8.12. The number of amides is 1. The van der Waals surface area contributed by atoms with Gasteiger partial charge >= 0.3 is 5.97 Å². The van der Waals surface area contributed by atoms with Gasteiger partial charge in [0.1, 0.15) is 5.75 Å². The van der Waals surface area contributed by atoms with Crippen LogP contribution < -0.4 is 10.1 Å². The fourth-order valence-electron chi connectivity index (χ4n) is 1.80. The van der Waals surface area contributed by atoms with Gasteiger partial charge in [0.25, 0.3) is 5.91 Å². The summed E-state index contributed by atoms with van der Waals surface area (Å²) in [6.45, 7) is -0.185. The minimum Gasteiger partial charge on any atom is -0.483 e. The molecule has 0 saturated heterocycles. The number of rotatable bonds is 5. The molecule has 2 rings (SSSR count). The molecule has 0 bridgehead atoms. The van der Waals surface area contributed by atoms with Crippen molar-refractivity contribution < 1.29 is 19.1 Å². The monoisotopic (exact) mass is 441 g/mol. The SMILES string of the molecule is COC(=O)c1ccccc1NC(=O)COc1ccc(Br)cc1Br. The first kappa shape index (κ1) is 17.5. The van der Waals surface area contributed by atoms with E-state index in [1.165, 1.54) is 7.11 Å². The molecule has 0 spiro atoms. The van der Waals surface area contributed by atoms with Crippen LogP contribution in [0.25, 0.3) is 0 Å². The van der Waals surface area contributed by atoms with Crippen molar-refractivity contribution in [1.29, 1.82) is 0 Å². The van der Waals surface area contributed by atoms with Gasteiger partial charge in [-0.1, -0.05) is 28.1 Å². The molecular formula is C16H13Br2NO4. The van der Waals surface area contributed by atoms with E-state index in [2.05, 4.69) is 41.9 Å². The molecule has 1 N–H and O–H groups in total. The van der Waals surface area contributed by atoms with E-state index in [1.807, 2.05) is 12.1 Å². The number of para-hydroxylation sites is 1. The average molecular weight is 443 g/mol. The smallest absolute Gasteiger partial charge is 0.339 e. The molecule has 0 aliphatic heterocycles. The second-order valence-electron chi connectivity index (χ2n) is 4.45. The van der Waals surface area contributed by atoms with E-state index in [0.717, 1.165) is 8.95 Å². The first-order chi connectivity index (χ1) is 11.0. The van der Waals surface area contributed by atoms with Gasteiger partial charge in [0.15, 0.2) is 6.61 Å². The van der Waals surface area contributed by atoms with Crippen molar-refractivity contribution in [3.8, 4) is 5.75 Å². The van der Waals surface area contributed by atoms with Crippen LogP contribution in [0.4, 0.5) is 5.69 Å². The maximum absolute atomic E-state index is 12.0. The highest BCUT2D eigenvalue weighted by atomic mass is 79.9. The zero-order valence-corrected chi connectivity index (χ0v) is 15.3. The lowest BCUT2D eigenvalue weighted by molar-refractivity contribution is -0.118. The van der Waals surface area contributed by atoms with Crippen LogP contribution in [0.15, 0.2) is 51.4 Å². The number of hydrogen-bond donors (Lipinski definition) is 1. The normalized spacial score (nSPS) is 10.0. The molecule has 0 aliphatic carbocycles. The van der Waals surface area contributed by atoms with E-state index < -0.39 is 5.97 Å². The summed E-state index contributed by atoms with van der Waals surface area (Å²) in [6.07, 6.45) is 0. The topological polar surface area (TPSA) is 64.6 Å². The molecule has 0 radical (unpaired) electrons. The zero-order chi connectivity index (χ0) is 16.8. The standard InChI is InChI=1S/C16H13Br2NO4/c1-22-16(21)11-4-2-3-5-13(11)19-15(20)9-23-14-7-6-10(17)8-12(14)18/h2-8H,9H2,1H3,(H,19,20). The van der Waals surface area contributed by atoms with Gasteiger partial charge in [-0.3, -0.25) is 4.79 Å². The van der Waals surface area contributed by atoms with Crippen molar-refractivity contribution in [1.82, 2.24) is 0 Å². The molecule has 0 atom stereocenters. The predicted octanol–water partition coefficient (Wildman–Crippen LogP) is 4.02. The van der Waals surface area contributed by atoms with Crippen molar-refractivity contribution in [3.05, 3.63) is 57.0 Å². The Morgan fingerprint density at radius 3 is 2.57 bits per heavy atom. The molecule has 0 heterocycles. The predicted molar refractivity (Wildman–Crippen MR) is 93.7 cm³/mol. The molecule has 2 aromatic carbocycles. The number of halogens is 2. The molecule has 23 heavy (non-hydrogen) atoms. The van der Waals surface area contributed by atoms with Gasteiger partial charge in [-0.15, -0.1) is 0 Å². The Balaban J connectivity index is 2.01. The largest absolute Gasteiger partial charge is 0.483 e. The van der Waals surface area contributed by atoms with Gasteiger partial charge in [-0.05, 0) is 46.3 Å². The highest BCUT2D eigenvalue weighted by Crippen LogP contribution is 2.28. The van der Waals surface area contributed by atoms with Crippen molar-refractivity contribution in [3.63, 3.8) is 0 Å². The van der Waals surface area contributed by atoms with E-state index in [1.54, 1.807) is 30.3 Å². The maximum atomic E-state index is 12.0. The highest BCUT2D eigenvalue weighted by Gasteiger charge is 2.13. The fraction of sp³-hybridized carbons (Fsp3) is 0.125. The van der Waals surface area contributed by atoms with Crippen LogP contribution in [0, 0.1) is 0 Å². The van der Waals surface area contributed by atoms with E-state index in [-0.39, 0.29) is 18.1 Å². The van der Waals surface area contributed by atoms with Crippen LogP contribution in [0.5, 0.6) is 5.75 Å². The van der Waals surface area contributed by atoms with Gasteiger partial charge in [0, 0.05) is 4.47 Å². The van der Waals surface area contributed by atoms with Crippen LogP contribution in [-0.4, -0.2) is 25.6 Å². The summed E-state index contributed by atoms with van der Waals surface area (Å²) in [5, 5.41) is 2.64. The number of esters is 1. The number of nitrogens with one attached hydrogen (secondary N) is 1. The van der Waals surface area contributed by atoms with E-state index in [4.69, 9.17) is 4.74 Å². The van der Waals surface area contributed by atoms with Crippen molar-refractivity contribution in [2.45, 2.75) is 0 Å². The van der Waals surface area contributed by atoms with Crippen LogP contribution in [-0.2, 0) is 9.53 Å². The van der Waals surface area contributed by atoms with Crippen LogP contribution in [0.3, 0.4) is 0 Å². The number of carbonyl (C=O) groups excluding carboxylic acids is 2. The Labute approximate surface area is 150 Å². The highest BCUT2D eigenvalue weighted by molar-refractivity contribution is 9.11. The summed E-state index contributed by atoms with van der Waals surface area (Å²) in [7, 11) is 1.29. The Bertz CT molecular complexity index is 734. The summed E-state index contributed by atoms with van der Waals surface area (Å²) < 4.78 is 11.8. The van der Waals surface area contributed by atoms with E-state index in [0.29, 0.717) is 11.4 Å². The minimum atomic E-state index is -0.516. The van der Waals surface area contributed by atoms with E-state index in [9.17, 15) is 9.59 Å². The summed E-state index contributed by atoms with van der Waals surface area (Å²) in [5.41, 5.74) is 0.663. The van der Waals surface area contributed by atoms with Crippen LogP contribution >= 0.6 is 31.9 Å². The number of methoxy groups -OCH3 is 1. The lowest BCUT2D eigenvalue weighted by Gasteiger charge is -2.11. The first-order valence-electron chi connectivity index (χ1n) is 6.56. The molecule has 7 heteroatoms. The third-order valence-electron chi connectivity index (χ3n) is 2.86. The number of hydrogen-bond acceptors (Lipinski definition) is 4. The molecule has 5 nitrogen and oxygen atoms in total. The molecule has 1 amide bonds. The number of ether oxygens (including phenoxy) is 2. The van der Waals surface area contributed by atoms with Crippen molar-refractivity contribution >= 4 is 49.4 Å². The molecule has 0 saturated carbocycles. The molecule has 2 aromatic rings. The van der Waals surface area contributed by atoms with E-state index >= 15 is 0 Å². The second-order valence-corrected chi connectivity index (χ2v) is 6.22. The fourth-order valence-corrected chi connectivity index (χ4v) is 2.96. The lowest BCUT2D eigenvalue weighted by Crippen LogP contribution is -2.21. The van der Waals surface area contributed by atoms with Crippen molar-refractivity contribution in [2.24, 2.45) is 0 Å². The Kier molecular flexibility index (Phi) is 6.18. The van der Waals surface area contributed by atoms with Crippen LogP contribution in [0.2, 0.25) is 0 Å². The van der Waals surface area contributed by atoms with Crippen molar-refractivity contribution in [2.75, 3.05) is 19.0 Å².